The second kappa shape index (κ2) is 5.20. The van der Waals surface area contributed by atoms with Crippen LogP contribution >= 0.6 is 0 Å². The molecule has 3 heterocycles. The third-order valence-corrected chi connectivity index (χ3v) is 4.51. The van der Waals surface area contributed by atoms with Crippen molar-refractivity contribution < 1.29 is 9.90 Å². The number of carboxylic acids is 1. The topological polar surface area (TPSA) is 87.0 Å². The third-order valence-electron chi connectivity index (χ3n) is 4.51. The lowest BCUT2D eigenvalue weighted by Crippen LogP contribution is -2.45. The molecule has 0 saturated carbocycles. The van der Waals surface area contributed by atoms with E-state index in [4.69, 9.17) is 0 Å². The molecule has 3 aromatic rings. The van der Waals surface area contributed by atoms with Crippen LogP contribution in [0.3, 0.4) is 0 Å². The van der Waals surface area contributed by atoms with Crippen LogP contribution in [-0.2, 0) is 31.4 Å². The van der Waals surface area contributed by atoms with E-state index in [-0.39, 0.29) is 0 Å². The zero-order valence-corrected chi connectivity index (χ0v) is 12.7. The normalized spacial score (nSPS) is 18.2. The monoisotopic (exact) mass is 311 g/mol. The van der Waals surface area contributed by atoms with E-state index in [1.165, 1.54) is 0 Å². The Labute approximate surface area is 132 Å². The van der Waals surface area contributed by atoms with Gasteiger partial charge >= 0.3 is 5.97 Å². The molecule has 118 valence electrons. The molecular weight excluding hydrogens is 294 g/mol. The zero-order valence-electron chi connectivity index (χ0n) is 12.7. The fraction of sp³-hybridized carbons (Fsp3) is 0.312. The summed E-state index contributed by atoms with van der Waals surface area (Å²) in [5.74, 6) is 0.0397. The second-order valence-corrected chi connectivity index (χ2v) is 5.87. The summed E-state index contributed by atoms with van der Waals surface area (Å²) in [7, 11) is 1.96. The Morgan fingerprint density at radius 2 is 2.26 bits per heavy atom. The highest BCUT2D eigenvalue weighted by Gasteiger charge is 2.33. The zero-order chi connectivity index (χ0) is 16.0. The third kappa shape index (κ3) is 2.29. The molecule has 0 spiro atoms. The number of nitrogens with one attached hydrogen (secondary N) is 1. The first-order valence-corrected chi connectivity index (χ1v) is 7.52. The van der Waals surface area contributed by atoms with Crippen molar-refractivity contribution in [3.8, 4) is 0 Å². The van der Waals surface area contributed by atoms with Gasteiger partial charge in [-0.3, -0.25) is 9.69 Å². The Kier molecular flexibility index (Phi) is 3.16. The molecule has 1 aliphatic rings. The molecule has 2 N–H and O–H groups in total. The number of hydrogen-bond acceptors (Lipinski definition) is 4. The molecule has 1 unspecified atom stereocenters. The number of carboxylic acid groups (broad SMARTS) is 1. The van der Waals surface area contributed by atoms with E-state index in [0.717, 1.165) is 28.2 Å². The highest BCUT2D eigenvalue weighted by Crippen LogP contribution is 2.24. The lowest BCUT2D eigenvalue weighted by molar-refractivity contribution is -0.144. The number of aromatic nitrogens is 4. The van der Waals surface area contributed by atoms with Gasteiger partial charge in [0, 0.05) is 20.0 Å². The fourth-order valence-electron chi connectivity index (χ4n) is 3.22. The van der Waals surface area contributed by atoms with Gasteiger partial charge in [0.2, 0.25) is 0 Å². The van der Waals surface area contributed by atoms with Crippen molar-refractivity contribution in [1.82, 2.24) is 24.4 Å². The van der Waals surface area contributed by atoms with Crippen LogP contribution in [0.1, 0.15) is 17.2 Å². The molecule has 7 nitrogen and oxygen atoms in total. The number of carbonyl (C=O) groups is 1. The fourth-order valence-corrected chi connectivity index (χ4v) is 3.22. The van der Waals surface area contributed by atoms with Gasteiger partial charge in [0.05, 0.1) is 35.3 Å². The number of aryl methyl sites for hydroxylation is 1. The summed E-state index contributed by atoms with van der Waals surface area (Å²) < 4.78 is 2.02. The van der Waals surface area contributed by atoms with Crippen molar-refractivity contribution in [2.45, 2.75) is 25.6 Å². The van der Waals surface area contributed by atoms with Gasteiger partial charge in [-0.1, -0.05) is 12.1 Å². The number of nitrogens with zero attached hydrogens (tertiary/aromatic N) is 4. The molecule has 0 bridgehead atoms. The number of aliphatic carboxylic acids is 1. The SMILES string of the molecule is Cn1c(CN2Cc3[nH]cnc3CC2C(=O)O)nc2ccccc21. The Morgan fingerprint density at radius 1 is 1.43 bits per heavy atom. The van der Waals surface area contributed by atoms with Crippen molar-refractivity contribution in [1.29, 1.82) is 0 Å². The molecular formula is C16H17N5O2. The summed E-state index contributed by atoms with van der Waals surface area (Å²) >= 11 is 0. The standard InChI is InChI=1S/C16H17N5O2/c1-20-13-5-3-2-4-10(13)19-15(20)8-21-7-12-11(17-9-18-12)6-14(21)16(22)23/h2-5,9,14H,6-8H2,1H3,(H,17,18)(H,22,23). The van der Waals surface area contributed by atoms with Crippen LogP contribution < -0.4 is 0 Å². The van der Waals surface area contributed by atoms with E-state index in [1.807, 2.05) is 40.8 Å². The van der Waals surface area contributed by atoms with Crippen LogP contribution in [-0.4, -0.2) is 41.5 Å². The second-order valence-electron chi connectivity index (χ2n) is 5.87. The summed E-state index contributed by atoms with van der Waals surface area (Å²) in [5, 5.41) is 9.55. The van der Waals surface area contributed by atoms with Crippen LogP contribution in [0.4, 0.5) is 0 Å². The molecule has 23 heavy (non-hydrogen) atoms. The van der Waals surface area contributed by atoms with Gasteiger partial charge in [-0.05, 0) is 12.1 Å². The molecule has 0 aliphatic carbocycles. The first-order chi connectivity index (χ1) is 11.1. The molecule has 1 aliphatic heterocycles. The van der Waals surface area contributed by atoms with E-state index >= 15 is 0 Å². The minimum absolute atomic E-state index is 0.415. The molecule has 4 rings (SSSR count). The van der Waals surface area contributed by atoms with Gasteiger partial charge in [0.25, 0.3) is 0 Å². The summed E-state index contributed by atoms with van der Waals surface area (Å²) in [6, 6.07) is 7.34. The lowest BCUT2D eigenvalue weighted by Gasteiger charge is -2.31. The maximum absolute atomic E-state index is 11.6. The van der Waals surface area contributed by atoms with Crippen LogP contribution in [0.2, 0.25) is 0 Å². The van der Waals surface area contributed by atoms with Crippen LogP contribution in [0.5, 0.6) is 0 Å². The van der Waals surface area contributed by atoms with Crippen molar-refractivity contribution in [3.63, 3.8) is 0 Å². The maximum Gasteiger partial charge on any atom is 0.321 e. The van der Waals surface area contributed by atoms with Crippen LogP contribution in [0, 0.1) is 0 Å². The molecule has 0 amide bonds. The van der Waals surface area contributed by atoms with Crippen LogP contribution in [0.15, 0.2) is 30.6 Å². The Bertz CT molecular complexity index is 882. The summed E-state index contributed by atoms with van der Waals surface area (Å²) in [6.45, 7) is 1.02. The van der Waals surface area contributed by atoms with Crippen molar-refractivity contribution in [3.05, 3.63) is 47.8 Å². The highest BCUT2D eigenvalue weighted by molar-refractivity contribution is 5.76. The molecule has 1 aromatic carbocycles. The first kappa shape index (κ1) is 14.0. The predicted octanol–water partition coefficient (Wildman–Crippen LogP) is 1.31. The van der Waals surface area contributed by atoms with Gasteiger partial charge in [0.1, 0.15) is 11.9 Å². The summed E-state index contributed by atoms with van der Waals surface area (Å²) in [5.41, 5.74) is 3.81. The summed E-state index contributed by atoms with van der Waals surface area (Å²) in [6.07, 6.45) is 2.04. The Morgan fingerprint density at radius 3 is 3.04 bits per heavy atom. The first-order valence-electron chi connectivity index (χ1n) is 7.52. The molecule has 1 atom stereocenters. The van der Waals surface area contributed by atoms with Crippen molar-refractivity contribution >= 4 is 17.0 Å². The summed E-state index contributed by atoms with van der Waals surface area (Å²) in [4.78, 5) is 25.5. The average Bonchev–Trinajstić information content (AvgIpc) is 3.11. The number of imidazole rings is 2. The van der Waals surface area contributed by atoms with Gasteiger partial charge in [0.15, 0.2) is 0 Å². The van der Waals surface area contributed by atoms with Crippen molar-refractivity contribution in [2.75, 3.05) is 0 Å². The quantitative estimate of drug-likeness (QED) is 0.761. The predicted molar refractivity (Wildman–Crippen MR) is 83.7 cm³/mol. The van der Waals surface area contributed by atoms with Gasteiger partial charge in [-0.2, -0.15) is 0 Å². The molecule has 0 radical (unpaired) electrons. The molecule has 7 heteroatoms. The Hall–Kier alpha value is -2.67. The van der Waals surface area contributed by atoms with Gasteiger partial charge < -0.3 is 14.7 Å². The highest BCUT2D eigenvalue weighted by atomic mass is 16.4. The largest absolute Gasteiger partial charge is 0.480 e. The Balaban J connectivity index is 1.68. The van der Waals surface area contributed by atoms with E-state index < -0.39 is 12.0 Å². The lowest BCUT2D eigenvalue weighted by atomic mass is 10.0. The van der Waals surface area contributed by atoms with Crippen molar-refractivity contribution in [2.24, 2.45) is 7.05 Å². The van der Waals surface area contributed by atoms with Gasteiger partial charge in [-0.25, -0.2) is 9.97 Å². The molecule has 0 saturated heterocycles. The number of benzene rings is 1. The van der Waals surface area contributed by atoms with Crippen LogP contribution in [0.25, 0.3) is 11.0 Å². The molecule has 2 aromatic heterocycles. The smallest absolute Gasteiger partial charge is 0.321 e. The number of fused-ring (bicyclic) bond motifs is 2. The van der Waals surface area contributed by atoms with E-state index in [9.17, 15) is 9.90 Å². The molecule has 0 fully saturated rings. The number of aromatic amines is 1. The van der Waals surface area contributed by atoms with E-state index in [0.29, 0.717) is 19.5 Å². The maximum atomic E-state index is 11.6. The minimum Gasteiger partial charge on any atom is -0.480 e. The van der Waals surface area contributed by atoms with Gasteiger partial charge in [-0.15, -0.1) is 0 Å². The number of H-pyrrole nitrogens is 1. The van der Waals surface area contributed by atoms with E-state index in [1.54, 1.807) is 6.33 Å². The average molecular weight is 311 g/mol. The minimum atomic E-state index is -0.822. The number of rotatable bonds is 3. The number of para-hydroxylation sites is 2. The number of hydrogen-bond donors (Lipinski definition) is 2. The van der Waals surface area contributed by atoms with E-state index in [2.05, 4.69) is 15.0 Å².